The van der Waals surface area contributed by atoms with Crippen LogP contribution in [-0.2, 0) is 6.54 Å². The van der Waals surface area contributed by atoms with Gasteiger partial charge in [-0.25, -0.2) is 4.79 Å². The Hall–Kier alpha value is -2.34. The van der Waals surface area contributed by atoms with Crippen LogP contribution in [0.1, 0.15) is 37.2 Å². The van der Waals surface area contributed by atoms with E-state index in [-0.39, 0.29) is 18.7 Å². The van der Waals surface area contributed by atoms with Crippen LogP contribution >= 0.6 is 0 Å². The van der Waals surface area contributed by atoms with Crippen LogP contribution < -0.4 is 10.6 Å². The van der Waals surface area contributed by atoms with E-state index in [2.05, 4.69) is 29.6 Å². The van der Waals surface area contributed by atoms with Crippen LogP contribution in [-0.4, -0.2) is 33.6 Å². The Labute approximate surface area is 149 Å². The van der Waals surface area contributed by atoms with Crippen LogP contribution in [0.25, 0.3) is 0 Å². The molecule has 0 aliphatic rings. The molecule has 136 valence electrons. The third-order valence-corrected chi connectivity index (χ3v) is 3.93. The number of hydrogen-bond donors (Lipinski definition) is 3. The van der Waals surface area contributed by atoms with Crippen molar-refractivity contribution >= 4 is 11.7 Å². The van der Waals surface area contributed by atoms with Crippen LogP contribution in [0.15, 0.2) is 30.3 Å². The fourth-order valence-electron chi connectivity index (χ4n) is 2.86. The molecule has 0 fully saturated rings. The summed E-state index contributed by atoms with van der Waals surface area (Å²) >= 11 is 0. The first-order valence-electron chi connectivity index (χ1n) is 8.65. The molecular weight excluding hydrogens is 316 g/mol. The average molecular weight is 344 g/mol. The minimum atomic E-state index is -0.303. The number of aromatic nitrogens is 2. The van der Waals surface area contributed by atoms with Crippen molar-refractivity contribution in [2.75, 3.05) is 11.9 Å². The normalized spacial score (nSPS) is 12.2. The first-order valence-corrected chi connectivity index (χ1v) is 8.65. The van der Waals surface area contributed by atoms with Gasteiger partial charge in [-0.05, 0) is 49.9 Å². The van der Waals surface area contributed by atoms with Gasteiger partial charge in [-0.2, -0.15) is 5.10 Å². The third kappa shape index (κ3) is 5.90. The highest BCUT2D eigenvalue weighted by atomic mass is 16.3. The first kappa shape index (κ1) is 19.0. The second-order valence-electron chi connectivity index (χ2n) is 6.89. The summed E-state index contributed by atoms with van der Waals surface area (Å²) in [5.74, 6) is 0.404. The first-order chi connectivity index (χ1) is 11.9. The summed E-state index contributed by atoms with van der Waals surface area (Å²) in [5, 5.41) is 19.5. The number of benzene rings is 1. The molecule has 0 bridgehead atoms. The number of amides is 2. The van der Waals surface area contributed by atoms with Crippen molar-refractivity contribution in [3.05, 3.63) is 47.3 Å². The van der Waals surface area contributed by atoms with Gasteiger partial charge >= 0.3 is 6.03 Å². The predicted molar refractivity (Wildman–Crippen MR) is 99.7 cm³/mol. The van der Waals surface area contributed by atoms with E-state index in [1.165, 1.54) is 0 Å². The number of rotatable bonds is 7. The van der Waals surface area contributed by atoms with Gasteiger partial charge in [0.1, 0.15) is 0 Å². The largest absolute Gasteiger partial charge is 0.394 e. The molecule has 6 nitrogen and oxygen atoms in total. The van der Waals surface area contributed by atoms with Crippen LogP contribution in [0, 0.1) is 19.8 Å². The Morgan fingerprint density at radius 1 is 1.28 bits per heavy atom. The molecule has 1 aromatic carbocycles. The van der Waals surface area contributed by atoms with Gasteiger partial charge in [-0.15, -0.1) is 0 Å². The van der Waals surface area contributed by atoms with E-state index in [9.17, 15) is 9.90 Å². The van der Waals surface area contributed by atoms with Crippen molar-refractivity contribution in [3.63, 3.8) is 0 Å². The van der Waals surface area contributed by atoms with E-state index in [0.717, 1.165) is 29.1 Å². The van der Waals surface area contributed by atoms with Crippen LogP contribution in [0.5, 0.6) is 0 Å². The maximum Gasteiger partial charge on any atom is 0.319 e. The van der Waals surface area contributed by atoms with E-state index in [0.29, 0.717) is 12.5 Å². The summed E-state index contributed by atoms with van der Waals surface area (Å²) in [6.07, 6.45) is 0.738. The number of aryl methyl sites for hydroxylation is 2. The highest BCUT2D eigenvalue weighted by Gasteiger charge is 2.13. The molecule has 1 atom stereocenters. The van der Waals surface area contributed by atoms with Gasteiger partial charge in [0.05, 0.1) is 24.9 Å². The molecule has 6 heteroatoms. The Morgan fingerprint density at radius 3 is 2.64 bits per heavy atom. The molecule has 1 heterocycles. The standard InChI is InChI=1S/C19H28N4O2/c1-13(2)8-18(12-24)21-19(25)20-17-7-5-6-16(10-17)11-23-15(4)9-14(3)22-23/h5-7,9-10,13,18,24H,8,11-12H2,1-4H3,(H2,20,21,25). The SMILES string of the molecule is Cc1cc(C)n(Cc2cccc(NC(=O)NC(CO)CC(C)C)c2)n1. The zero-order chi connectivity index (χ0) is 18.4. The highest BCUT2D eigenvalue weighted by Crippen LogP contribution is 2.13. The van der Waals surface area contributed by atoms with E-state index >= 15 is 0 Å². The molecule has 2 rings (SSSR count). The molecule has 3 N–H and O–H groups in total. The number of nitrogens with one attached hydrogen (secondary N) is 2. The van der Waals surface area contributed by atoms with Crippen LogP contribution in [0.2, 0.25) is 0 Å². The van der Waals surface area contributed by atoms with E-state index in [1.54, 1.807) is 0 Å². The molecule has 0 aliphatic heterocycles. The maximum absolute atomic E-state index is 12.1. The minimum absolute atomic E-state index is 0.0659. The fourth-order valence-corrected chi connectivity index (χ4v) is 2.86. The van der Waals surface area contributed by atoms with Crippen molar-refractivity contribution < 1.29 is 9.90 Å². The number of hydrogen-bond acceptors (Lipinski definition) is 3. The summed E-state index contributed by atoms with van der Waals surface area (Å²) < 4.78 is 1.94. The number of urea groups is 1. The lowest BCUT2D eigenvalue weighted by atomic mass is 10.0. The number of anilines is 1. The van der Waals surface area contributed by atoms with Gasteiger partial charge in [0, 0.05) is 11.4 Å². The number of carbonyl (C=O) groups excluding carboxylic acids is 1. The van der Waals surface area contributed by atoms with E-state index in [4.69, 9.17) is 0 Å². The minimum Gasteiger partial charge on any atom is -0.394 e. The lowest BCUT2D eigenvalue weighted by molar-refractivity contribution is 0.214. The molecule has 0 saturated heterocycles. The lowest BCUT2D eigenvalue weighted by Gasteiger charge is -2.18. The van der Waals surface area contributed by atoms with Crippen molar-refractivity contribution in [1.82, 2.24) is 15.1 Å². The van der Waals surface area contributed by atoms with Gasteiger partial charge in [-0.3, -0.25) is 4.68 Å². The van der Waals surface area contributed by atoms with Gasteiger partial charge in [-0.1, -0.05) is 26.0 Å². The van der Waals surface area contributed by atoms with Gasteiger partial charge in [0.25, 0.3) is 0 Å². The van der Waals surface area contributed by atoms with Gasteiger partial charge < -0.3 is 15.7 Å². The Morgan fingerprint density at radius 2 is 2.04 bits per heavy atom. The summed E-state index contributed by atoms with van der Waals surface area (Å²) in [5.41, 5.74) is 3.88. The number of carbonyl (C=O) groups is 1. The molecule has 2 amide bonds. The summed E-state index contributed by atoms with van der Waals surface area (Å²) in [4.78, 5) is 12.1. The zero-order valence-corrected chi connectivity index (χ0v) is 15.4. The summed E-state index contributed by atoms with van der Waals surface area (Å²) in [6.45, 7) is 8.71. The van der Waals surface area contributed by atoms with Crippen molar-refractivity contribution in [3.8, 4) is 0 Å². The van der Waals surface area contributed by atoms with Crippen molar-refractivity contribution in [1.29, 1.82) is 0 Å². The zero-order valence-electron chi connectivity index (χ0n) is 15.4. The maximum atomic E-state index is 12.1. The van der Waals surface area contributed by atoms with Crippen molar-refractivity contribution in [2.45, 2.75) is 46.7 Å². The molecule has 0 spiro atoms. The Balaban J connectivity index is 1.98. The van der Waals surface area contributed by atoms with Crippen molar-refractivity contribution in [2.24, 2.45) is 5.92 Å². The van der Waals surface area contributed by atoms with E-state index in [1.807, 2.05) is 48.9 Å². The van der Waals surface area contributed by atoms with E-state index < -0.39 is 0 Å². The lowest BCUT2D eigenvalue weighted by Crippen LogP contribution is -2.40. The summed E-state index contributed by atoms with van der Waals surface area (Å²) in [6, 6.07) is 9.20. The molecule has 2 aromatic rings. The predicted octanol–water partition coefficient (Wildman–Crippen LogP) is 3.08. The van der Waals surface area contributed by atoms with Gasteiger partial charge in [0.15, 0.2) is 0 Å². The quantitative estimate of drug-likeness (QED) is 0.722. The second kappa shape index (κ2) is 8.67. The summed E-state index contributed by atoms with van der Waals surface area (Å²) in [7, 11) is 0. The monoisotopic (exact) mass is 344 g/mol. The fraction of sp³-hybridized carbons (Fsp3) is 0.474. The Bertz CT molecular complexity index is 709. The molecular formula is C19H28N4O2. The molecule has 1 unspecified atom stereocenters. The number of nitrogens with zero attached hydrogens (tertiary/aromatic N) is 2. The van der Waals surface area contributed by atoms with Crippen LogP contribution in [0.4, 0.5) is 10.5 Å². The van der Waals surface area contributed by atoms with Gasteiger partial charge in [0.2, 0.25) is 0 Å². The number of aliphatic hydroxyl groups excluding tert-OH is 1. The van der Waals surface area contributed by atoms with Crippen LogP contribution in [0.3, 0.4) is 0 Å². The molecule has 25 heavy (non-hydrogen) atoms. The molecule has 0 radical (unpaired) electrons. The topological polar surface area (TPSA) is 79.2 Å². The Kier molecular flexibility index (Phi) is 6.58. The molecule has 0 aliphatic carbocycles. The smallest absolute Gasteiger partial charge is 0.319 e. The average Bonchev–Trinajstić information content (AvgIpc) is 2.84. The molecule has 1 aromatic heterocycles. The molecule has 0 saturated carbocycles. The second-order valence-corrected chi connectivity index (χ2v) is 6.89. The third-order valence-electron chi connectivity index (χ3n) is 3.93. The highest BCUT2D eigenvalue weighted by molar-refractivity contribution is 5.89. The number of aliphatic hydroxyl groups is 1.